The number of halogens is 2. The van der Waals surface area contributed by atoms with Gasteiger partial charge < -0.3 is 14.4 Å². The number of fused-ring (bicyclic) bond motifs is 3. The lowest BCUT2D eigenvalue weighted by Crippen LogP contribution is -2.52. The van der Waals surface area contributed by atoms with Gasteiger partial charge in [0.25, 0.3) is 0 Å². The summed E-state index contributed by atoms with van der Waals surface area (Å²) in [4.78, 5) is 17.7. The first-order chi connectivity index (χ1) is 15.4. The van der Waals surface area contributed by atoms with Gasteiger partial charge in [0.05, 0.1) is 28.2 Å². The molecule has 5 nitrogen and oxygen atoms in total. The molecule has 1 aromatic carbocycles. The highest BCUT2D eigenvalue weighted by molar-refractivity contribution is 6.42. The summed E-state index contributed by atoms with van der Waals surface area (Å²) in [5, 5.41) is 1.18. The predicted molar refractivity (Wildman–Crippen MR) is 125 cm³/mol. The molecule has 0 aromatic heterocycles. The molecule has 0 N–H and O–H groups in total. The summed E-state index contributed by atoms with van der Waals surface area (Å²) in [5.74, 6) is 0.945. The Morgan fingerprint density at radius 3 is 2.62 bits per heavy atom. The van der Waals surface area contributed by atoms with Gasteiger partial charge in [-0.05, 0) is 61.6 Å². The molecule has 6 atom stereocenters. The fourth-order valence-electron chi connectivity index (χ4n) is 7.31. The third-order valence-electron chi connectivity index (χ3n) is 9.17. The quantitative estimate of drug-likeness (QED) is 0.467. The number of benzene rings is 1. The summed E-state index contributed by atoms with van der Waals surface area (Å²) < 4.78 is 12.0. The highest BCUT2D eigenvalue weighted by atomic mass is 35.5. The molecule has 7 heteroatoms. The Kier molecular flexibility index (Phi) is 5.22. The Labute approximate surface area is 200 Å². The second-order valence-electron chi connectivity index (χ2n) is 11.0. The van der Waals surface area contributed by atoms with Gasteiger partial charge in [-0.25, -0.2) is 0 Å². The van der Waals surface area contributed by atoms with Crippen molar-refractivity contribution < 1.29 is 14.3 Å². The van der Waals surface area contributed by atoms with Crippen molar-refractivity contribution in [2.75, 3.05) is 44.2 Å². The first-order valence-electron chi connectivity index (χ1n) is 12.1. The molecule has 0 unspecified atom stereocenters. The number of carbonyl (C=O) groups excluding carboxylic acids is 1. The molecule has 32 heavy (non-hydrogen) atoms. The summed E-state index contributed by atoms with van der Waals surface area (Å²) in [6.07, 6.45) is 5.87. The maximum atomic E-state index is 12.9. The smallest absolute Gasteiger partial charge is 0.310 e. The average molecular weight is 479 g/mol. The number of ether oxygens (including phenoxy) is 2. The van der Waals surface area contributed by atoms with Crippen molar-refractivity contribution >= 4 is 34.9 Å². The molecular weight excluding hydrogens is 447 g/mol. The molecule has 5 fully saturated rings. The van der Waals surface area contributed by atoms with Gasteiger partial charge in [0.2, 0.25) is 0 Å². The Morgan fingerprint density at radius 1 is 1.12 bits per heavy atom. The fraction of sp³-hybridized carbons (Fsp3) is 0.720. The van der Waals surface area contributed by atoms with Crippen LogP contribution in [-0.4, -0.2) is 61.9 Å². The number of epoxide rings is 1. The molecule has 3 heterocycles. The molecule has 1 aromatic rings. The second-order valence-corrected chi connectivity index (χ2v) is 11.8. The van der Waals surface area contributed by atoms with Gasteiger partial charge >= 0.3 is 5.97 Å². The van der Waals surface area contributed by atoms with Crippen LogP contribution in [0, 0.1) is 23.2 Å². The van der Waals surface area contributed by atoms with Crippen molar-refractivity contribution in [3.05, 3.63) is 28.2 Å². The Morgan fingerprint density at radius 2 is 1.91 bits per heavy atom. The molecule has 0 radical (unpaired) electrons. The SMILES string of the molecule is C[C@]12CCC[C@@]3(CO3)[C@@H]1C[C@H]1[C@H](CN3CCN(c4ccc(Cl)c(Cl)c4)CC3)C(=O)O[C@@H]1C2. The minimum absolute atomic E-state index is 0.00111. The molecule has 0 bridgehead atoms. The van der Waals surface area contributed by atoms with E-state index in [0.717, 1.165) is 57.9 Å². The van der Waals surface area contributed by atoms with Crippen molar-refractivity contribution in [3.63, 3.8) is 0 Å². The first-order valence-corrected chi connectivity index (χ1v) is 12.9. The normalized spacial score (nSPS) is 41.3. The van der Waals surface area contributed by atoms with Gasteiger partial charge in [0, 0.05) is 44.3 Å². The van der Waals surface area contributed by atoms with Crippen molar-refractivity contribution in [2.24, 2.45) is 23.2 Å². The zero-order chi connectivity index (χ0) is 22.1. The van der Waals surface area contributed by atoms with E-state index in [2.05, 4.69) is 16.7 Å². The van der Waals surface area contributed by atoms with Crippen LogP contribution in [0.1, 0.15) is 39.0 Å². The van der Waals surface area contributed by atoms with Crippen LogP contribution >= 0.6 is 23.2 Å². The van der Waals surface area contributed by atoms with Crippen LogP contribution in [0.4, 0.5) is 5.69 Å². The summed E-state index contributed by atoms with van der Waals surface area (Å²) >= 11 is 12.3. The van der Waals surface area contributed by atoms with Crippen molar-refractivity contribution in [2.45, 2.75) is 50.7 Å². The summed E-state index contributed by atoms with van der Waals surface area (Å²) in [7, 11) is 0. The maximum Gasteiger partial charge on any atom is 0.310 e. The van der Waals surface area contributed by atoms with E-state index >= 15 is 0 Å². The maximum absolute atomic E-state index is 12.9. The zero-order valence-corrected chi connectivity index (χ0v) is 20.2. The van der Waals surface area contributed by atoms with Crippen LogP contribution in [0.25, 0.3) is 0 Å². The molecule has 174 valence electrons. The number of hydrogen-bond acceptors (Lipinski definition) is 5. The van der Waals surface area contributed by atoms with Gasteiger partial charge in [0.15, 0.2) is 0 Å². The minimum Gasteiger partial charge on any atom is -0.462 e. The predicted octanol–water partition coefficient (Wildman–Crippen LogP) is 4.64. The molecule has 5 aliphatic rings. The van der Waals surface area contributed by atoms with E-state index in [9.17, 15) is 4.79 Å². The molecule has 2 saturated carbocycles. The van der Waals surface area contributed by atoms with Crippen LogP contribution in [-0.2, 0) is 14.3 Å². The van der Waals surface area contributed by atoms with Crippen molar-refractivity contribution in [1.82, 2.24) is 4.90 Å². The third-order valence-corrected chi connectivity index (χ3v) is 9.91. The number of piperazine rings is 1. The first kappa shape index (κ1) is 21.5. The highest BCUT2D eigenvalue weighted by Crippen LogP contribution is 2.62. The van der Waals surface area contributed by atoms with E-state index in [1.165, 1.54) is 19.3 Å². The molecule has 3 aliphatic heterocycles. The molecule has 2 aliphatic carbocycles. The lowest BCUT2D eigenvalue weighted by atomic mass is 9.53. The number of anilines is 1. The number of hydrogen-bond donors (Lipinski definition) is 0. The number of nitrogens with zero attached hydrogens (tertiary/aromatic N) is 2. The van der Waals surface area contributed by atoms with Crippen LogP contribution in [0.5, 0.6) is 0 Å². The van der Waals surface area contributed by atoms with E-state index in [4.69, 9.17) is 32.7 Å². The van der Waals surface area contributed by atoms with Gasteiger partial charge in [-0.3, -0.25) is 9.69 Å². The topological polar surface area (TPSA) is 45.3 Å². The summed E-state index contributed by atoms with van der Waals surface area (Å²) in [6.45, 7) is 7.87. The molecule has 0 amide bonds. The van der Waals surface area contributed by atoms with Crippen LogP contribution < -0.4 is 4.90 Å². The fourth-order valence-corrected chi connectivity index (χ4v) is 7.61. The van der Waals surface area contributed by atoms with Gasteiger partial charge in [-0.15, -0.1) is 0 Å². The Balaban J connectivity index is 1.11. The number of esters is 1. The van der Waals surface area contributed by atoms with Crippen molar-refractivity contribution in [3.8, 4) is 0 Å². The Hall–Kier alpha value is -1.01. The van der Waals surface area contributed by atoms with Crippen molar-refractivity contribution in [1.29, 1.82) is 0 Å². The highest BCUT2D eigenvalue weighted by Gasteiger charge is 2.65. The average Bonchev–Trinajstić information content (AvgIpc) is 3.47. The molecular formula is C25H32Cl2N2O3. The zero-order valence-electron chi connectivity index (χ0n) is 18.7. The summed E-state index contributed by atoms with van der Waals surface area (Å²) in [5.41, 5.74) is 1.48. The van der Waals surface area contributed by atoms with Crippen LogP contribution in [0.15, 0.2) is 18.2 Å². The van der Waals surface area contributed by atoms with E-state index in [0.29, 0.717) is 21.9 Å². The molecule has 6 rings (SSSR count). The van der Waals surface area contributed by atoms with E-state index in [-0.39, 0.29) is 29.0 Å². The summed E-state index contributed by atoms with van der Waals surface area (Å²) in [6, 6.07) is 5.83. The molecule has 3 saturated heterocycles. The lowest BCUT2D eigenvalue weighted by Gasteiger charge is -2.51. The monoisotopic (exact) mass is 478 g/mol. The van der Waals surface area contributed by atoms with Gasteiger partial charge in [0.1, 0.15) is 6.10 Å². The number of carbonyl (C=O) groups is 1. The van der Waals surface area contributed by atoms with E-state index < -0.39 is 0 Å². The van der Waals surface area contributed by atoms with Gasteiger partial charge in [-0.2, -0.15) is 0 Å². The second kappa shape index (κ2) is 7.76. The molecule has 1 spiro atoms. The largest absolute Gasteiger partial charge is 0.462 e. The standard InChI is InChI=1S/C25H32Cl2N2O3/c1-24-5-2-6-25(15-31-25)22(24)12-17-18(23(30)32-21(17)13-24)14-28-7-9-29(10-8-28)16-3-4-19(26)20(27)11-16/h3-4,11,17-18,21-22H,2,5-10,12-15H2,1H3/t17-,18-,21+,22+,24+,25+/m0/s1. The number of rotatable bonds is 3. The van der Waals surface area contributed by atoms with Gasteiger partial charge in [-0.1, -0.05) is 30.1 Å². The van der Waals surface area contributed by atoms with Crippen LogP contribution in [0.2, 0.25) is 10.0 Å². The lowest BCUT2D eigenvalue weighted by molar-refractivity contribution is -0.147. The van der Waals surface area contributed by atoms with E-state index in [1.807, 2.05) is 18.2 Å². The third kappa shape index (κ3) is 3.55. The van der Waals surface area contributed by atoms with Crippen LogP contribution in [0.3, 0.4) is 0 Å². The Bertz CT molecular complexity index is 914. The van der Waals surface area contributed by atoms with E-state index in [1.54, 1.807) is 0 Å². The minimum atomic E-state index is -0.00111.